The molecule has 0 aromatic heterocycles. The first-order chi connectivity index (χ1) is 8.19. The van der Waals surface area contributed by atoms with E-state index in [1.165, 1.54) is 0 Å². The Kier molecular flexibility index (Phi) is 3.81. The van der Waals surface area contributed by atoms with Gasteiger partial charge in [0.05, 0.1) is 5.41 Å². The molecular formula is C12H15BrN2O2. The largest absolute Gasteiger partial charge is 0.381 e. The van der Waals surface area contributed by atoms with Crippen LogP contribution in [0, 0.1) is 0 Å². The fraction of sp³-hybridized carbons (Fsp3) is 0.417. The summed E-state index contributed by atoms with van der Waals surface area (Å²) in [6.45, 7) is 1.17. The molecule has 1 heterocycles. The van der Waals surface area contributed by atoms with Gasteiger partial charge < -0.3 is 4.74 Å². The average molecular weight is 299 g/mol. The first kappa shape index (κ1) is 12.5. The van der Waals surface area contributed by atoms with Crippen molar-refractivity contribution in [3.8, 4) is 0 Å². The summed E-state index contributed by atoms with van der Waals surface area (Å²) in [6, 6.07) is 7.81. The van der Waals surface area contributed by atoms with Crippen LogP contribution in [0.4, 0.5) is 0 Å². The highest BCUT2D eigenvalue weighted by molar-refractivity contribution is 9.10. The smallest absolute Gasteiger partial charge is 0.244 e. The van der Waals surface area contributed by atoms with Crippen LogP contribution in [0.5, 0.6) is 0 Å². The summed E-state index contributed by atoms with van der Waals surface area (Å²) in [4.78, 5) is 12.1. The first-order valence-electron chi connectivity index (χ1n) is 5.54. The van der Waals surface area contributed by atoms with Crippen LogP contribution in [0.2, 0.25) is 0 Å². The molecule has 1 fully saturated rings. The molecule has 1 amide bonds. The van der Waals surface area contributed by atoms with E-state index in [9.17, 15) is 4.79 Å². The Hall–Kier alpha value is -0.910. The van der Waals surface area contributed by atoms with Crippen molar-refractivity contribution in [1.82, 2.24) is 5.43 Å². The molecule has 1 aromatic carbocycles. The van der Waals surface area contributed by atoms with Gasteiger partial charge in [-0.1, -0.05) is 28.1 Å². The summed E-state index contributed by atoms with van der Waals surface area (Å²) in [5, 5.41) is 0. The highest BCUT2D eigenvalue weighted by Gasteiger charge is 2.41. The number of rotatable bonds is 2. The molecule has 2 rings (SSSR count). The van der Waals surface area contributed by atoms with E-state index >= 15 is 0 Å². The Morgan fingerprint density at radius 3 is 2.41 bits per heavy atom. The van der Waals surface area contributed by atoms with Crippen molar-refractivity contribution < 1.29 is 9.53 Å². The third-order valence-corrected chi connectivity index (χ3v) is 3.84. The fourth-order valence-corrected chi connectivity index (χ4v) is 2.54. The summed E-state index contributed by atoms with van der Waals surface area (Å²) in [7, 11) is 0. The molecule has 1 saturated heterocycles. The van der Waals surface area contributed by atoms with Crippen LogP contribution in [-0.2, 0) is 14.9 Å². The Bertz CT molecular complexity index is 399. The number of benzene rings is 1. The Morgan fingerprint density at radius 2 is 1.88 bits per heavy atom. The van der Waals surface area contributed by atoms with Gasteiger partial charge in [-0.3, -0.25) is 10.2 Å². The van der Waals surface area contributed by atoms with Gasteiger partial charge in [-0.05, 0) is 30.5 Å². The predicted octanol–water partition coefficient (Wildman–Crippen LogP) is 1.49. The number of hydrazine groups is 1. The normalized spacial score (nSPS) is 18.7. The number of nitrogens with one attached hydrogen (secondary N) is 1. The summed E-state index contributed by atoms with van der Waals surface area (Å²) in [5.74, 6) is 5.17. The summed E-state index contributed by atoms with van der Waals surface area (Å²) >= 11 is 3.39. The van der Waals surface area contributed by atoms with Crippen LogP contribution in [-0.4, -0.2) is 19.1 Å². The fourth-order valence-electron chi connectivity index (χ4n) is 2.27. The second-order valence-corrected chi connectivity index (χ2v) is 5.09. The monoisotopic (exact) mass is 298 g/mol. The summed E-state index contributed by atoms with van der Waals surface area (Å²) < 4.78 is 6.33. The summed E-state index contributed by atoms with van der Waals surface area (Å²) in [5.41, 5.74) is 2.73. The van der Waals surface area contributed by atoms with Crippen molar-refractivity contribution in [2.45, 2.75) is 18.3 Å². The van der Waals surface area contributed by atoms with Crippen molar-refractivity contribution in [2.24, 2.45) is 5.84 Å². The van der Waals surface area contributed by atoms with E-state index in [0.717, 1.165) is 10.0 Å². The molecule has 17 heavy (non-hydrogen) atoms. The van der Waals surface area contributed by atoms with Crippen LogP contribution >= 0.6 is 15.9 Å². The number of carbonyl (C=O) groups is 1. The van der Waals surface area contributed by atoms with Crippen LogP contribution in [0.15, 0.2) is 28.7 Å². The van der Waals surface area contributed by atoms with Crippen molar-refractivity contribution in [2.75, 3.05) is 13.2 Å². The standard InChI is InChI=1S/C12H15BrN2O2/c13-10-3-1-9(2-4-10)12(11(16)15-14)5-7-17-8-6-12/h1-4H,5-8,14H2,(H,15,16). The number of ether oxygens (including phenoxy) is 1. The minimum Gasteiger partial charge on any atom is -0.381 e. The SMILES string of the molecule is NNC(=O)C1(c2ccc(Br)cc2)CCOCC1. The molecule has 5 heteroatoms. The highest BCUT2D eigenvalue weighted by Crippen LogP contribution is 2.35. The van der Waals surface area contributed by atoms with E-state index in [-0.39, 0.29) is 5.91 Å². The number of carbonyl (C=O) groups excluding carboxylic acids is 1. The lowest BCUT2D eigenvalue weighted by Gasteiger charge is -2.35. The van der Waals surface area contributed by atoms with Gasteiger partial charge in [0.2, 0.25) is 5.91 Å². The highest BCUT2D eigenvalue weighted by atomic mass is 79.9. The predicted molar refractivity (Wildman–Crippen MR) is 68.2 cm³/mol. The Labute approximate surface area is 109 Å². The molecule has 0 unspecified atom stereocenters. The second kappa shape index (κ2) is 5.16. The quantitative estimate of drug-likeness (QED) is 0.494. The zero-order valence-corrected chi connectivity index (χ0v) is 11.0. The maximum Gasteiger partial charge on any atom is 0.244 e. The zero-order chi connectivity index (χ0) is 12.3. The number of halogens is 1. The van der Waals surface area contributed by atoms with E-state index < -0.39 is 5.41 Å². The molecule has 1 aliphatic rings. The molecular weight excluding hydrogens is 284 g/mol. The molecule has 1 aliphatic heterocycles. The van der Waals surface area contributed by atoms with Crippen LogP contribution in [0.25, 0.3) is 0 Å². The molecule has 0 aliphatic carbocycles. The maximum atomic E-state index is 12.1. The van der Waals surface area contributed by atoms with Gasteiger partial charge in [0.1, 0.15) is 0 Å². The molecule has 92 valence electrons. The van der Waals surface area contributed by atoms with Gasteiger partial charge in [-0.25, -0.2) is 5.84 Å². The number of nitrogens with two attached hydrogens (primary N) is 1. The second-order valence-electron chi connectivity index (χ2n) is 4.17. The molecule has 0 spiro atoms. The van der Waals surface area contributed by atoms with Gasteiger partial charge in [0, 0.05) is 17.7 Å². The van der Waals surface area contributed by atoms with Crippen molar-refractivity contribution >= 4 is 21.8 Å². The Balaban J connectivity index is 2.38. The number of hydrogen-bond donors (Lipinski definition) is 2. The lowest BCUT2D eigenvalue weighted by atomic mass is 9.73. The van der Waals surface area contributed by atoms with Crippen LogP contribution < -0.4 is 11.3 Å². The molecule has 1 aromatic rings. The van der Waals surface area contributed by atoms with Crippen molar-refractivity contribution in [3.63, 3.8) is 0 Å². The number of hydrogen-bond acceptors (Lipinski definition) is 3. The molecule has 3 N–H and O–H groups in total. The van der Waals surface area contributed by atoms with E-state index in [1.54, 1.807) is 0 Å². The van der Waals surface area contributed by atoms with Crippen molar-refractivity contribution in [3.05, 3.63) is 34.3 Å². The van der Waals surface area contributed by atoms with Gasteiger partial charge >= 0.3 is 0 Å². The first-order valence-corrected chi connectivity index (χ1v) is 6.33. The third-order valence-electron chi connectivity index (χ3n) is 3.31. The van der Waals surface area contributed by atoms with Crippen LogP contribution in [0.1, 0.15) is 18.4 Å². The van der Waals surface area contributed by atoms with E-state index in [4.69, 9.17) is 10.6 Å². The van der Waals surface area contributed by atoms with E-state index in [0.29, 0.717) is 26.1 Å². The van der Waals surface area contributed by atoms with Gasteiger partial charge in [0.25, 0.3) is 0 Å². The zero-order valence-electron chi connectivity index (χ0n) is 9.41. The molecule has 0 bridgehead atoms. The van der Waals surface area contributed by atoms with Gasteiger partial charge in [-0.2, -0.15) is 0 Å². The van der Waals surface area contributed by atoms with Crippen molar-refractivity contribution in [1.29, 1.82) is 0 Å². The van der Waals surface area contributed by atoms with Gasteiger partial charge in [0.15, 0.2) is 0 Å². The Morgan fingerprint density at radius 1 is 1.29 bits per heavy atom. The minimum absolute atomic E-state index is 0.136. The van der Waals surface area contributed by atoms with Gasteiger partial charge in [-0.15, -0.1) is 0 Å². The van der Waals surface area contributed by atoms with E-state index in [2.05, 4.69) is 21.4 Å². The average Bonchev–Trinajstić information content (AvgIpc) is 2.39. The van der Waals surface area contributed by atoms with E-state index in [1.807, 2.05) is 24.3 Å². The number of amides is 1. The molecule has 4 nitrogen and oxygen atoms in total. The molecule has 0 atom stereocenters. The maximum absolute atomic E-state index is 12.1. The third kappa shape index (κ3) is 2.36. The molecule has 0 saturated carbocycles. The molecule has 0 radical (unpaired) electrons. The van der Waals surface area contributed by atoms with Crippen LogP contribution in [0.3, 0.4) is 0 Å². The summed E-state index contributed by atoms with van der Waals surface area (Å²) in [6.07, 6.45) is 1.33. The minimum atomic E-state index is -0.548. The lowest BCUT2D eigenvalue weighted by molar-refractivity contribution is -0.130. The lowest BCUT2D eigenvalue weighted by Crippen LogP contribution is -2.50. The topological polar surface area (TPSA) is 64.3 Å².